The standard InChI is InChI=1S/C27H36BF4N5O5/c29-21-16-20(28(41)42)7-4-18(21)15-24(38)23(9-3-17-1-5-19(6-2-17)27(30,31)32)36-26(40)22(35)8-10-25(39)37(13-11-33)14-12-34/h1-2,4-7,16,22-23,41-42H,3,8-15,33-35H2,(H,36,40)/t22-,23+/m0/s1. The first-order valence-corrected chi connectivity index (χ1v) is 13.3. The third-order valence-corrected chi connectivity index (χ3v) is 6.60. The zero-order valence-corrected chi connectivity index (χ0v) is 22.9. The molecule has 0 spiro atoms. The van der Waals surface area contributed by atoms with Crippen LogP contribution in [0.2, 0.25) is 0 Å². The summed E-state index contributed by atoms with van der Waals surface area (Å²) in [6, 6.07) is 5.29. The van der Waals surface area contributed by atoms with Crippen LogP contribution in [0.25, 0.3) is 0 Å². The first-order valence-electron chi connectivity index (χ1n) is 13.3. The van der Waals surface area contributed by atoms with Crippen molar-refractivity contribution in [3.05, 3.63) is 65.0 Å². The van der Waals surface area contributed by atoms with Crippen LogP contribution >= 0.6 is 0 Å². The van der Waals surface area contributed by atoms with Crippen molar-refractivity contribution in [2.45, 2.75) is 50.4 Å². The first kappa shape index (κ1) is 34.8. The molecule has 2 atom stereocenters. The molecule has 2 aromatic rings. The van der Waals surface area contributed by atoms with Crippen molar-refractivity contribution in [1.82, 2.24) is 10.2 Å². The number of carbonyl (C=O) groups is 3. The highest BCUT2D eigenvalue weighted by atomic mass is 19.4. The summed E-state index contributed by atoms with van der Waals surface area (Å²) in [5.41, 5.74) is 16.5. The Morgan fingerprint density at radius 2 is 1.60 bits per heavy atom. The molecule has 10 nitrogen and oxygen atoms in total. The molecule has 230 valence electrons. The van der Waals surface area contributed by atoms with Gasteiger partial charge in [-0.25, -0.2) is 4.39 Å². The van der Waals surface area contributed by atoms with Crippen molar-refractivity contribution in [3.63, 3.8) is 0 Å². The lowest BCUT2D eigenvalue weighted by atomic mass is 9.79. The Bertz CT molecular complexity index is 1190. The smallest absolute Gasteiger partial charge is 0.423 e. The van der Waals surface area contributed by atoms with Gasteiger partial charge in [0.15, 0.2) is 5.78 Å². The lowest BCUT2D eigenvalue weighted by Gasteiger charge is -2.23. The summed E-state index contributed by atoms with van der Waals surface area (Å²) in [5, 5.41) is 21.0. The second-order valence-corrected chi connectivity index (χ2v) is 9.77. The average molecular weight is 597 g/mol. The Balaban J connectivity index is 2.14. The number of nitrogens with one attached hydrogen (secondary N) is 1. The van der Waals surface area contributed by atoms with Crippen LogP contribution in [0, 0.1) is 5.82 Å². The van der Waals surface area contributed by atoms with Gasteiger partial charge >= 0.3 is 13.3 Å². The van der Waals surface area contributed by atoms with E-state index in [1.807, 2.05) is 0 Å². The van der Waals surface area contributed by atoms with Gasteiger partial charge in [0.05, 0.1) is 17.6 Å². The van der Waals surface area contributed by atoms with Gasteiger partial charge in [0.1, 0.15) is 5.82 Å². The van der Waals surface area contributed by atoms with E-state index in [9.17, 15) is 42.0 Å². The summed E-state index contributed by atoms with van der Waals surface area (Å²) in [6.07, 6.45) is -5.03. The van der Waals surface area contributed by atoms with Gasteiger partial charge in [-0.3, -0.25) is 14.4 Å². The van der Waals surface area contributed by atoms with Crippen LogP contribution in [0.1, 0.15) is 36.0 Å². The molecule has 0 saturated carbocycles. The lowest BCUT2D eigenvalue weighted by molar-refractivity contribution is -0.137. The molecule has 0 radical (unpaired) electrons. The van der Waals surface area contributed by atoms with Gasteiger partial charge < -0.3 is 37.5 Å². The van der Waals surface area contributed by atoms with Gasteiger partial charge in [0.25, 0.3) is 0 Å². The van der Waals surface area contributed by atoms with Gasteiger partial charge in [0.2, 0.25) is 11.8 Å². The molecular weight excluding hydrogens is 561 g/mol. The minimum absolute atomic E-state index is 0.0303. The number of alkyl halides is 3. The molecule has 0 fully saturated rings. The first-order chi connectivity index (χ1) is 19.8. The topological polar surface area (TPSA) is 185 Å². The van der Waals surface area contributed by atoms with Crippen molar-refractivity contribution in [2.24, 2.45) is 17.2 Å². The van der Waals surface area contributed by atoms with Crippen LogP contribution in [0.3, 0.4) is 0 Å². The number of nitrogens with zero attached hydrogens (tertiary/aromatic N) is 1. The van der Waals surface area contributed by atoms with Crippen LogP contribution in [-0.4, -0.2) is 77.9 Å². The van der Waals surface area contributed by atoms with E-state index in [1.54, 1.807) is 0 Å². The molecule has 0 aliphatic rings. The van der Waals surface area contributed by atoms with E-state index in [1.165, 1.54) is 29.2 Å². The predicted octanol–water partition coefficient (Wildman–Crippen LogP) is -0.393. The maximum Gasteiger partial charge on any atom is 0.488 e. The number of nitrogens with two attached hydrogens (primary N) is 3. The number of Topliss-reactive ketones (excluding diaryl/α,β-unsaturated/α-hetero) is 1. The largest absolute Gasteiger partial charge is 0.488 e. The van der Waals surface area contributed by atoms with Crippen molar-refractivity contribution in [1.29, 1.82) is 0 Å². The van der Waals surface area contributed by atoms with Gasteiger partial charge in [-0.15, -0.1) is 0 Å². The van der Waals surface area contributed by atoms with Gasteiger partial charge in [-0.05, 0) is 54.1 Å². The highest BCUT2D eigenvalue weighted by Gasteiger charge is 2.30. The van der Waals surface area contributed by atoms with Crippen molar-refractivity contribution in [3.8, 4) is 0 Å². The highest BCUT2D eigenvalue weighted by Crippen LogP contribution is 2.29. The van der Waals surface area contributed by atoms with Crippen LogP contribution in [0.4, 0.5) is 17.6 Å². The van der Waals surface area contributed by atoms with E-state index in [0.717, 1.165) is 18.2 Å². The van der Waals surface area contributed by atoms with E-state index in [2.05, 4.69) is 5.32 Å². The molecule has 0 heterocycles. The SMILES string of the molecule is NCCN(CCN)C(=O)CC[C@H](N)C(=O)N[C@H](CCc1ccc(C(F)(F)F)cc1)C(=O)Cc1ccc(B(O)O)cc1F. The number of hydrogen-bond donors (Lipinski definition) is 6. The zero-order valence-electron chi connectivity index (χ0n) is 22.9. The minimum atomic E-state index is -4.51. The number of benzene rings is 2. The third-order valence-electron chi connectivity index (χ3n) is 6.60. The van der Waals surface area contributed by atoms with E-state index in [0.29, 0.717) is 5.56 Å². The Labute approximate surface area is 241 Å². The molecule has 2 rings (SSSR count). The molecule has 2 aromatic carbocycles. The average Bonchev–Trinajstić information content (AvgIpc) is 2.94. The molecule has 0 aliphatic carbocycles. The van der Waals surface area contributed by atoms with E-state index >= 15 is 0 Å². The summed E-state index contributed by atoms with van der Waals surface area (Å²) < 4.78 is 53.2. The maximum atomic E-state index is 14.5. The number of hydrogen-bond acceptors (Lipinski definition) is 8. The fourth-order valence-electron chi connectivity index (χ4n) is 4.18. The molecule has 0 aromatic heterocycles. The maximum absolute atomic E-state index is 14.5. The zero-order chi connectivity index (χ0) is 31.4. The normalized spacial score (nSPS) is 12.9. The van der Waals surface area contributed by atoms with Crippen molar-refractivity contribution < 1.29 is 42.0 Å². The summed E-state index contributed by atoms with van der Waals surface area (Å²) in [5.74, 6) is -2.50. The Morgan fingerprint density at radius 1 is 0.976 bits per heavy atom. The molecule has 0 bridgehead atoms. The third kappa shape index (κ3) is 10.8. The Kier molecular flexibility index (Phi) is 13.5. The number of halogens is 4. The highest BCUT2D eigenvalue weighted by molar-refractivity contribution is 6.58. The molecule has 0 aliphatic heterocycles. The number of rotatable bonds is 16. The number of amides is 2. The van der Waals surface area contributed by atoms with Crippen molar-refractivity contribution in [2.75, 3.05) is 26.2 Å². The molecule has 0 saturated heterocycles. The van der Waals surface area contributed by atoms with Crippen LogP contribution in [0.5, 0.6) is 0 Å². The quantitative estimate of drug-likeness (QED) is 0.112. The predicted molar refractivity (Wildman–Crippen MR) is 149 cm³/mol. The number of ketones is 1. The summed E-state index contributed by atoms with van der Waals surface area (Å²) >= 11 is 0. The molecule has 9 N–H and O–H groups in total. The monoisotopic (exact) mass is 597 g/mol. The van der Waals surface area contributed by atoms with Crippen LogP contribution in [0.15, 0.2) is 42.5 Å². The fourth-order valence-corrected chi connectivity index (χ4v) is 4.18. The molecule has 15 heteroatoms. The van der Waals surface area contributed by atoms with Gasteiger partial charge in [-0.2, -0.15) is 13.2 Å². The molecule has 42 heavy (non-hydrogen) atoms. The van der Waals surface area contributed by atoms with Crippen molar-refractivity contribution >= 4 is 30.2 Å². The molecule has 0 unspecified atom stereocenters. The van der Waals surface area contributed by atoms with E-state index < -0.39 is 54.9 Å². The van der Waals surface area contributed by atoms with Crippen LogP contribution in [-0.2, 0) is 33.4 Å². The number of aryl methyl sites for hydroxylation is 1. The van der Waals surface area contributed by atoms with E-state index in [4.69, 9.17) is 17.2 Å². The van der Waals surface area contributed by atoms with Crippen LogP contribution < -0.4 is 28.0 Å². The van der Waals surface area contributed by atoms with Gasteiger partial charge in [0, 0.05) is 39.0 Å². The van der Waals surface area contributed by atoms with Gasteiger partial charge in [-0.1, -0.05) is 24.3 Å². The molecular formula is C27H36BF4N5O5. The second-order valence-electron chi connectivity index (χ2n) is 9.77. The molecule has 2 amide bonds. The lowest BCUT2D eigenvalue weighted by Crippen LogP contribution is -2.49. The number of carbonyl (C=O) groups excluding carboxylic acids is 3. The fraction of sp³-hybridized carbons (Fsp3) is 0.444. The Morgan fingerprint density at radius 3 is 2.12 bits per heavy atom. The summed E-state index contributed by atoms with van der Waals surface area (Å²) in [7, 11) is -1.91. The summed E-state index contributed by atoms with van der Waals surface area (Å²) in [4.78, 5) is 40.0. The van der Waals surface area contributed by atoms with E-state index in [-0.39, 0.29) is 68.8 Å². The Hall–Kier alpha value is -3.37. The second kappa shape index (κ2) is 16.3. The minimum Gasteiger partial charge on any atom is -0.423 e. The summed E-state index contributed by atoms with van der Waals surface area (Å²) in [6.45, 7) is 1.02.